The van der Waals surface area contributed by atoms with Crippen LogP contribution in [0, 0.1) is 5.41 Å². The Labute approximate surface area is 149 Å². The molecule has 0 spiro atoms. The molecule has 0 radical (unpaired) electrons. The molecule has 0 aromatic rings. The molecule has 0 aromatic carbocycles. The first-order valence-electron chi connectivity index (χ1n) is 9.70. The van der Waals surface area contributed by atoms with Crippen LogP contribution in [0.4, 0.5) is 0 Å². The van der Waals surface area contributed by atoms with Gasteiger partial charge in [0.15, 0.2) is 0 Å². The highest BCUT2D eigenvalue weighted by atomic mass is 16.4. The number of allylic oxidation sites excluding steroid dienone is 6. The standard InChI is InChI=1S/C22H38O2/c1-4-5-6-7-8-9-10-11-12-13-16-19-22(2,3)20-17-14-15-18-21(23)24/h11-12,16-17,19-20H,4-10,13-15,18H2,1-3H3,(H,23,24)/b12-11-,19-16-,20-17-. The first kappa shape index (κ1) is 22.7. The van der Waals surface area contributed by atoms with E-state index < -0.39 is 5.97 Å². The van der Waals surface area contributed by atoms with Gasteiger partial charge in [0, 0.05) is 11.8 Å². The molecule has 0 fully saturated rings. The number of aliphatic carboxylic acids is 1. The Morgan fingerprint density at radius 1 is 0.833 bits per heavy atom. The fourth-order valence-corrected chi connectivity index (χ4v) is 2.52. The second-order valence-corrected chi connectivity index (χ2v) is 7.18. The minimum absolute atomic E-state index is 0.0380. The van der Waals surface area contributed by atoms with E-state index in [0.29, 0.717) is 6.42 Å². The van der Waals surface area contributed by atoms with Crippen molar-refractivity contribution in [2.45, 2.75) is 91.4 Å². The number of hydrogen-bond donors (Lipinski definition) is 1. The molecule has 1 N–H and O–H groups in total. The number of carboxylic acids is 1. The van der Waals surface area contributed by atoms with Crippen molar-refractivity contribution >= 4 is 5.97 Å². The van der Waals surface area contributed by atoms with Crippen LogP contribution in [-0.4, -0.2) is 11.1 Å². The summed E-state index contributed by atoms with van der Waals surface area (Å²) >= 11 is 0. The average Bonchev–Trinajstić information content (AvgIpc) is 2.52. The van der Waals surface area contributed by atoms with Crippen LogP contribution in [-0.2, 0) is 4.79 Å². The molecular formula is C22H38O2. The molecule has 24 heavy (non-hydrogen) atoms. The van der Waals surface area contributed by atoms with E-state index in [1.807, 2.05) is 0 Å². The summed E-state index contributed by atoms with van der Waals surface area (Å²) in [4.78, 5) is 10.4. The van der Waals surface area contributed by atoms with Gasteiger partial charge in [-0.25, -0.2) is 0 Å². The maximum Gasteiger partial charge on any atom is 0.303 e. The lowest BCUT2D eigenvalue weighted by atomic mass is 9.91. The largest absolute Gasteiger partial charge is 0.481 e. The van der Waals surface area contributed by atoms with E-state index in [4.69, 9.17) is 5.11 Å². The van der Waals surface area contributed by atoms with Gasteiger partial charge in [0.25, 0.3) is 0 Å². The minimum atomic E-state index is -0.713. The SMILES string of the molecule is CCCCCCCC/C=C\C/C=C\C(C)(C)/C=C\CCCC(=O)O. The second-order valence-electron chi connectivity index (χ2n) is 7.18. The Hall–Kier alpha value is -1.31. The molecule has 0 rings (SSSR count). The third-order valence-electron chi connectivity index (χ3n) is 4.02. The van der Waals surface area contributed by atoms with E-state index >= 15 is 0 Å². The molecule has 0 aliphatic rings. The molecule has 0 atom stereocenters. The third kappa shape index (κ3) is 17.1. The smallest absolute Gasteiger partial charge is 0.303 e. The molecule has 0 saturated carbocycles. The quantitative estimate of drug-likeness (QED) is 0.257. The fourth-order valence-electron chi connectivity index (χ4n) is 2.52. The molecule has 2 nitrogen and oxygen atoms in total. The molecule has 0 amide bonds. The van der Waals surface area contributed by atoms with Gasteiger partial charge in [-0.2, -0.15) is 0 Å². The van der Waals surface area contributed by atoms with E-state index in [9.17, 15) is 4.79 Å². The summed E-state index contributed by atoms with van der Waals surface area (Å²) in [6, 6.07) is 0. The molecular weight excluding hydrogens is 296 g/mol. The van der Waals surface area contributed by atoms with Gasteiger partial charge >= 0.3 is 5.97 Å². The predicted octanol–water partition coefficient (Wildman–Crippen LogP) is 7.08. The summed E-state index contributed by atoms with van der Waals surface area (Å²) in [5, 5.41) is 8.60. The van der Waals surface area contributed by atoms with Crippen LogP contribution >= 0.6 is 0 Å². The number of rotatable bonds is 15. The van der Waals surface area contributed by atoms with Crippen molar-refractivity contribution in [1.29, 1.82) is 0 Å². The van der Waals surface area contributed by atoms with E-state index in [-0.39, 0.29) is 11.8 Å². The highest BCUT2D eigenvalue weighted by molar-refractivity contribution is 5.66. The number of hydrogen-bond acceptors (Lipinski definition) is 1. The summed E-state index contributed by atoms with van der Waals surface area (Å²) in [6.07, 6.45) is 25.4. The van der Waals surface area contributed by atoms with E-state index in [2.05, 4.69) is 57.2 Å². The summed E-state index contributed by atoms with van der Waals surface area (Å²) in [6.45, 7) is 6.61. The molecule has 0 heterocycles. The molecule has 138 valence electrons. The van der Waals surface area contributed by atoms with Gasteiger partial charge in [-0.15, -0.1) is 0 Å². The Morgan fingerprint density at radius 3 is 2.17 bits per heavy atom. The van der Waals surface area contributed by atoms with Crippen molar-refractivity contribution in [3.8, 4) is 0 Å². The normalized spacial score (nSPS) is 12.8. The highest BCUT2D eigenvalue weighted by Gasteiger charge is 2.07. The summed E-state index contributed by atoms with van der Waals surface area (Å²) in [7, 11) is 0. The van der Waals surface area contributed by atoms with Crippen molar-refractivity contribution in [3.63, 3.8) is 0 Å². The Kier molecular flexibility index (Phi) is 14.4. The lowest BCUT2D eigenvalue weighted by Crippen LogP contribution is -2.01. The van der Waals surface area contributed by atoms with Crippen LogP contribution < -0.4 is 0 Å². The topological polar surface area (TPSA) is 37.3 Å². The number of unbranched alkanes of at least 4 members (excludes halogenated alkanes) is 7. The van der Waals surface area contributed by atoms with Crippen molar-refractivity contribution in [3.05, 3.63) is 36.5 Å². The lowest BCUT2D eigenvalue weighted by molar-refractivity contribution is -0.137. The fraction of sp³-hybridized carbons (Fsp3) is 0.682. The van der Waals surface area contributed by atoms with Gasteiger partial charge in [-0.1, -0.05) is 89.3 Å². The van der Waals surface area contributed by atoms with Crippen molar-refractivity contribution < 1.29 is 9.90 Å². The Morgan fingerprint density at radius 2 is 1.46 bits per heavy atom. The van der Waals surface area contributed by atoms with E-state index in [1.165, 1.54) is 44.9 Å². The zero-order chi connectivity index (χ0) is 18.1. The number of carboxylic acid groups (broad SMARTS) is 1. The van der Waals surface area contributed by atoms with Crippen molar-refractivity contribution in [2.24, 2.45) is 5.41 Å². The molecule has 0 aliphatic carbocycles. The second kappa shape index (κ2) is 15.2. The molecule has 0 aliphatic heterocycles. The van der Waals surface area contributed by atoms with Crippen LogP contribution in [0.25, 0.3) is 0 Å². The highest BCUT2D eigenvalue weighted by Crippen LogP contribution is 2.20. The maximum atomic E-state index is 10.4. The first-order chi connectivity index (χ1) is 11.5. The molecule has 0 saturated heterocycles. The summed E-state index contributed by atoms with van der Waals surface area (Å²) < 4.78 is 0. The predicted molar refractivity (Wildman–Crippen MR) is 105 cm³/mol. The van der Waals surface area contributed by atoms with Crippen LogP contribution in [0.2, 0.25) is 0 Å². The van der Waals surface area contributed by atoms with Crippen LogP contribution in [0.5, 0.6) is 0 Å². The molecule has 2 heteroatoms. The molecule has 0 bridgehead atoms. The van der Waals surface area contributed by atoms with Gasteiger partial charge in [0.1, 0.15) is 0 Å². The van der Waals surface area contributed by atoms with E-state index in [1.54, 1.807) is 0 Å². The van der Waals surface area contributed by atoms with Crippen LogP contribution in [0.1, 0.15) is 91.4 Å². The van der Waals surface area contributed by atoms with Gasteiger partial charge in [0.05, 0.1) is 0 Å². The maximum absolute atomic E-state index is 10.4. The van der Waals surface area contributed by atoms with Crippen molar-refractivity contribution in [2.75, 3.05) is 0 Å². The molecule has 0 unspecified atom stereocenters. The minimum Gasteiger partial charge on any atom is -0.481 e. The zero-order valence-corrected chi connectivity index (χ0v) is 16.1. The van der Waals surface area contributed by atoms with Gasteiger partial charge < -0.3 is 5.11 Å². The van der Waals surface area contributed by atoms with E-state index in [0.717, 1.165) is 12.8 Å². The van der Waals surface area contributed by atoms with Gasteiger partial charge in [-0.05, 0) is 32.1 Å². The van der Waals surface area contributed by atoms with Gasteiger partial charge in [-0.3, -0.25) is 4.79 Å². The summed E-state index contributed by atoms with van der Waals surface area (Å²) in [5.74, 6) is -0.713. The van der Waals surface area contributed by atoms with Crippen LogP contribution in [0.15, 0.2) is 36.5 Å². The number of carbonyl (C=O) groups is 1. The monoisotopic (exact) mass is 334 g/mol. The van der Waals surface area contributed by atoms with Crippen molar-refractivity contribution in [1.82, 2.24) is 0 Å². The lowest BCUT2D eigenvalue weighted by Gasteiger charge is -2.14. The first-order valence-corrected chi connectivity index (χ1v) is 9.70. The summed E-state index contributed by atoms with van der Waals surface area (Å²) in [5.41, 5.74) is 0.0380. The van der Waals surface area contributed by atoms with Gasteiger partial charge in [0.2, 0.25) is 0 Å². The molecule has 0 aromatic heterocycles. The zero-order valence-electron chi connectivity index (χ0n) is 16.1. The Bertz CT molecular complexity index is 389. The third-order valence-corrected chi connectivity index (χ3v) is 4.02. The average molecular weight is 335 g/mol. The Balaban J connectivity index is 3.73. The van der Waals surface area contributed by atoms with Crippen LogP contribution in [0.3, 0.4) is 0 Å².